The van der Waals surface area contributed by atoms with Crippen LogP contribution in [0.15, 0.2) is 36.9 Å². The van der Waals surface area contributed by atoms with Crippen LogP contribution in [0.5, 0.6) is 0 Å². The lowest BCUT2D eigenvalue weighted by Crippen LogP contribution is -2.16. The summed E-state index contributed by atoms with van der Waals surface area (Å²) < 4.78 is 0. The highest BCUT2D eigenvalue weighted by atomic mass is 35.5. The Morgan fingerprint density at radius 3 is 2.76 bits per heavy atom. The Morgan fingerprint density at radius 1 is 1.47 bits per heavy atom. The molecule has 0 bridgehead atoms. The summed E-state index contributed by atoms with van der Waals surface area (Å²) >= 11 is 6.03. The Bertz CT molecular complexity index is 388. The molecular formula is C14H17ClO2. The van der Waals surface area contributed by atoms with Crippen molar-refractivity contribution in [3.05, 3.63) is 47.5 Å². The molecular weight excluding hydrogens is 236 g/mol. The first-order valence-electron chi connectivity index (χ1n) is 5.72. The number of allylic oxidation sites excluding steroid dienone is 1. The number of carbonyl (C=O) groups is 1. The van der Waals surface area contributed by atoms with Crippen LogP contribution in [0.3, 0.4) is 0 Å². The molecule has 1 atom stereocenters. The minimum absolute atomic E-state index is 0.366. The van der Waals surface area contributed by atoms with Crippen LogP contribution >= 0.6 is 11.6 Å². The van der Waals surface area contributed by atoms with Crippen LogP contribution in [-0.2, 0) is 11.2 Å². The summed E-state index contributed by atoms with van der Waals surface area (Å²) in [5, 5.41) is 9.80. The molecule has 0 saturated carbocycles. The molecule has 1 N–H and O–H groups in total. The first-order chi connectivity index (χ1) is 8.15. The van der Waals surface area contributed by atoms with Crippen LogP contribution in [0.2, 0.25) is 5.02 Å². The van der Waals surface area contributed by atoms with Gasteiger partial charge < -0.3 is 5.11 Å². The highest BCUT2D eigenvalue weighted by Crippen LogP contribution is 2.21. The minimum Gasteiger partial charge on any atom is -0.481 e. The fraction of sp³-hybridized carbons (Fsp3) is 0.357. The van der Waals surface area contributed by atoms with Crippen LogP contribution in [0.4, 0.5) is 0 Å². The lowest BCUT2D eigenvalue weighted by Gasteiger charge is -2.12. The lowest BCUT2D eigenvalue weighted by atomic mass is 9.94. The molecule has 0 aliphatic heterocycles. The second-order valence-corrected chi connectivity index (χ2v) is 4.46. The van der Waals surface area contributed by atoms with E-state index >= 15 is 0 Å². The van der Waals surface area contributed by atoms with E-state index in [9.17, 15) is 4.79 Å². The summed E-state index contributed by atoms with van der Waals surface area (Å²) in [6, 6.07) is 7.40. The minimum atomic E-state index is -0.756. The van der Waals surface area contributed by atoms with Gasteiger partial charge in [0.2, 0.25) is 0 Å². The van der Waals surface area contributed by atoms with E-state index in [1.807, 2.05) is 24.3 Å². The average molecular weight is 253 g/mol. The molecule has 92 valence electrons. The number of carboxylic acids is 1. The van der Waals surface area contributed by atoms with Gasteiger partial charge in [-0.15, -0.1) is 6.58 Å². The highest BCUT2D eigenvalue weighted by Gasteiger charge is 2.18. The summed E-state index contributed by atoms with van der Waals surface area (Å²) in [4.78, 5) is 11.1. The van der Waals surface area contributed by atoms with E-state index in [-0.39, 0.29) is 5.92 Å². The van der Waals surface area contributed by atoms with Gasteiger partial charge in [0.25, 0.3) is 0 Å². The molecule has 0 amide bonds. The van der Waals surface area contributed by atoms with E-state index in [2.05, 4.69) is 6.58 Å². The molecule has 3 heteroatoms. The quantitative estimate of drug-likeness (QED) is 0.590. The fourth-order valence-electron chi connectivity index (χ4n) is 1.75. The molecule has 0 fully saturated rings. The topological polar surface area (TPSA) is 37.3 Å². The molecule has 1 unspecified atom stereocenters. The number of hydrogen-bond donors (Lipinski definition) is 1. The third-order valence-electron chi connectivity index (χ3n) is 2.73. The average Bonchev–Trinajstić information content (AvgIpc) is 2.30. The molecule has 0 aliphatic carbocycles. The molecule has 2 nitrogen and oxygen atoms in total. The molecule has 1 rings (SSSR count). The van der Waals surface area contributed by atoms with Crippen LogP contribution < -0.4 is 0 Å². The van der Waals surface area contributed by atoms with Crippen LogP contribution in [0.1, 0.15) is 24.8 Å². The summed E-state index contributed by atoms with van der Waals surface area (Å²) in [7, 11) is 0. The lowest BCUT2D eigenvalue weighted by molar-refractivity contribution is -0.141. The van der Waals surface area contributed by atoms with Gasteiger partial charge in [0.15, 0.2) is 0 Å². The second-order valence-electron chi connectivity index (χ2n) is 4.05. The SMILES string of the molecule is C=CCCCC(Cc1ccccc1Cl)C(=O)O. The first-order valence-corrected chi connectivity index (χ1v) is 6.10. The van der Waals surface area contributed by atoms with Gasteiger partial charge in [-0.25, -0.2) is 0 Å². The van der Waals surface area contributed by atoms with Gasteiger partial charge in [0.1, 0.15) is 0 Å². The van der Waals surface area contributed by atoms with E-state index in [4.69, 9.17) is 16.7 Å². The first kappa shape index (κ1) is 13.8. The molecule has 1 aromatic carbocycles. The van der Waals surface area contributed by atoms with Crippen molar-refractivity contribution in [2.45, 2.75) is 25.7 Å². The van der Waals surface area contributed by atoms with Gasteiger partial charge >= 0.3 is 5.97 Å². The maximum absolute atomic E-state index is 11.1. The van der Waals surface area contributed by atoms with Crippen molar-refractivity contribution < 1.29 is 9.90 Å². The summed E-state index contributed by atoms with van der Waals surface area (Å²) in [6.07, 6.45) is 4.67. The zero-order valence-corrected chi connectivity index (χ0v) is 10.5. The molecule has 1 aromatic rings. The van der Waals surface area contributed by atoms with E-state index in [1.165, 1.54) is 0 Å². The van der Waals surface area contributed by atoms with E-state index < -0.39 is 5.97 Å². The standard InChI is InChI=1S/C14H17ClO2/c1-2-3-4-8-12(14(16)17)10-11-7-5-6-9-13(11)15/h2,5-7,9,12H,1,3-4,8,10H2,(H,16,17). The molecule has 0 saturated heterocycles. The van der Waals surface area contributed by atoms with Crippen LogP contribution in [0.25, 0.3) is 0 Å². The maximum Gasteiger partial charge on any atom is 0.306 e. The van der Waals surface area contributed by atoms with Crippen molar-refractivity contribution >= 4 is 17.6 Å². The van der Waals surface area contributed by atoms with Gasteiger partial charge in [-0.05, 0) is 37.3 Å². The molecule has 0 aromatic heterocycles. The number of hydrogen-bond acceptors (Lipinski definition) is 1. The predicted molar refractivity (Wildman–Crippen MR) is 70.3 cm³/mol. The van der Waals surface area contributed by atoms with Crippen LogP contribution in [-0.4, -0.2) is 11.1 Å². The van der Waals surface area contributed by atoms with Crippen molar-refractivity contribution in [1.29, 1.82) is 0 Å². The molecule has 0 heterocycles. The molecule has 0 spiro atoms. The number of aliphatic carboxylic acids is 1. The van der Waals surface area contributed by atoms with E-state index in [1.54, 1.807) is 6.07 Å². The third kappa shape index (κ3) is 4.61. The maximum atomic E-state index is 11.1. The molecule has 0 radical (unpaired) electrons. The Morgan fingerprint density at radius 2 is 2.18 bits per heavy atom. The zero-order chi connectivity index (χ0) is 12.7. The number of benzene rings is 1. The monoisotopic (exact) mass is 252 g/mol. The fourth-order valence-corrected chi connectivity index (χ4v) is 1.96. The van der Waals surface area contributed by atoms with E-state index in [0.29, 0.717) is 17.9 Å². The number of rotatable bonds is 7. The highest BCUT2D eigenvalue weighted by molar-refractivity contribution is 6.31. The largest absolute Gasteiger partial charge is 0.481 e. The van der Waals surface area contributed by atoms with Gasteiger partial charge in [0, 0.05) is 5.02 Å². The van der Waals surface area contributed by atoms with Crippen LogP contribution in [0, 0.1) is 5.92 Å². The molecule has 17 heavy (non-hydrogen) atoms. The van der Waals surface area contributed by atoms with Gasteiger partial charge in [-0.1, -0.05) is 35.9 Å². The normalized spacial score (nSPS) is 12.1. The van der Waals surface area contributed by atoms with Crippen molar-refractivity contribution in [2.24, 2.45) is 5.92 Å². The Hall–Kier alpha value is -1.28. The zero-order valence-electron chi connectivity index (χ0n) is 9.73. The summed E-state index contributed by atoms with van der Waals surface area (Å²) in [5.41, 5.74) is 0.903. The van der Waals surface area contributed by atoms with E-state index in [0.717, 1.165) is 18.4 Å². The van der Waals surface area contributed by atoms with Gasteiger partial charge in [-0.3, -0.25) is 4.79 Å². The Balaban J connectivity index is 2.63. The van der Waals surface area contributed by atoms with Gasteiger partial charge in [-0.2, -0.15) is 0 Å². The van der Waals surface area contributed by atoms with Crippen molar-refractivity contribution in [3.8, 4) is 0 Å². The molecule has 0 aliphatic rings. The Kier molecular flexibility index (Phi) is 5.78. The van der Waals surface area contributed by atoms with Crippen molar-refractivity contribution in [2.75, 3.05) is 0 Å². The summed E-state index contributed by atoms with van der Waals surface area (Å²) in [5.74, 6) is -1.12. The van der Waals surface area contributed by atoms with Crippen molar-refractivity contribution in [1.82, 2.24) is 0 Å². The Labute approximate surface area is 107 Å². The number of halogens is 1. The predicted octanol–water partition coefficient (Wildman–Crippen LogP) is 3.94. The smallest absolute Gasteiger partial charge is 0.306 e. The third-order valence-corrected chi connectivity index (χ3v) is 3.10. The number of unbranched alkanes of at least 4 members (excludes halogenated alkanes) is 1. The van der Waals surface area contributed by atoms with Crippen molar-refractivity contribution in [3.63, 3.8) is 0 Å². The number of carboxylic acid groups (broad SMARTS) is 1. The second kappa shape index (κ2) is 7.13. The summed E-state index contributed by atoms with van der Waals surface area (Å²) in [6.45, 7) is 3.63. The van der Waals surface area contributed by atoms with Gasteiger partial charge in [0.05, 0.1) is 5.92 Å².